The van der Waals surface area contributed by atoms with Gasteiger partial charge in [0.15, 0.2) is 5.76 Å². The van der Waals surface area contributed by atoms with Gasteiger partial charge in [0.2, 0.25) is 0 Å². The number of benzene rings is 1. The first-order chi connectivity index (χ1) is 11.1. The summed E-state index contributed by atoms with van der Waals surface area (Å²) in [5, 5.41) is 12.9. The Morgan fingerprint density at radius 1 is 1.35 bits per heavy atom. The van der Waals surface area contributed by atoms with Gasteiger partial charge in [-0.1, -0.05) is 25.1 Å². The van der Waals surface area contributed by atoms with Crippen molar-refractivity contribution in [2.45, 2.75) is 52.4 Å². The Bertz CT molecular complexity index is 648. The number of rotatable bonds is 8. The number of fused-ring (bicyclic) bond motifs is 1. The first-order valence-electron chi connectivity index (χ1n) is 8.10. The number of aliphatic hydroxyl groups is 1. The van der Waals surface area contributed by atoms with Crippen LogP contribution in [0.2, 0.25) is 0 Å². The summed E-state index contributed by atoms with van der Waals surface area (Å²) in [4.78, 5) is 12.6. The Hall–Kier alpha value is -1.85. The van der Waals surface area contributed by atoms with Crippen LogP contribution in [0.15, 0.2) is 28.7 Å². The maximum Gasteiger partial charge on any atom is 0.287 e. The first-order valence-corrected chi connectivity index (χ1v) is 8.10. The molecule has 2 aromatic rings. The van der Waals surface area contributed by atoms with Crippen LogP contribution in [0.3, 0.4) is 0 Å². The van der Waals surface area contributed by atoms with Crippen LogP contribution < -0.4 is 5.32 Å². The molecule has 1 aromatic heterocycles. The smallest absolute Gasteiger partial charge is 0.287 e. The first kappa shape index (κ1) is 17.5. The van der Waals surface area contributed by atoms with Crippen molar-refractivity contribution < 1.29 is 19.1 Å². The van der Waals surface area contributed by atoms with Crippen molar-refractivity contribution in [3.63, 3.8) is 0 Å². The van der Waals surface area contributed by atoms with Gasteiger partial charge in [-0.2, -0.15) is 0 Å². The molecule has 0 bridgehead atoms. The highest BCUT2D eigenvalue weighted by Crippen LogP contribution is 2.27. The topological polar surface area (TPSA) is 71.7 Å². The van der Waals surface area contributed by atoms with Crippen LogP contribution in [0.25, 0.3) is 11.0 Å². The summed E-state index contributed by atoms with van der Waals surface area (Å²) in [7, 11) is 0. The third-order valence-corrected chi connectivity index (χ3v) is 3.77. The van der Waals surface area contributed by atoms with E-state index in [1.807, 2.05) is 45.0 Å². The lowest BCUT2D eigenvalue weighted by atomic mass is 10.1. The minimum absolute atomic E-state index is 0.0439. The number of nitrogens with one attached hydrogen (secondary N) is 1. The molecule has 0 aliphatic carbocycles. The molecule has 0 fully saturated rings. The Balaban J connectivity index is 2.30. The van der Waals surface area contributed by atoms with Gasteiger partial charge in [0.1, 0.15) is 5.58 Å². The molecule has 0 saturated carbocycles. The second-order valence-electron chi connectivity index (χ2n) is 5.86. The predicted octanol–water partition coefficient (Wildman–Crippen LogP) is 3.25. The molecule has 1 amide bonds. The maximum atomic E-state index is 12.6. The predicted molar refractivity (Wildman–Crippen MR) is 89.4 cm³/mol. The Morgan fingerprint density at radius 3 is 2.74 bits per heavy atom. The molecule has 2 N–H and O–H groups in total. The fraction of sp³-hybridized carbons (Fsp3) is 0.500. The number of amides is 1. The van der Waals surface area contributed by atoms with Gasteiger partial charge in [0.25, 0.3) is 5.91 Å². The summed E-state index contributed by atoms with van der Waals surface area (Å²) >= 11 is 0. The van der Waals surface area contributed by atoms with Crippen molar-refractivity contribution in [3.05, 3.63) is 35.6 Å². The van der Waals surface area contributed by atoms with E-state index >= 15 is 0 Å². The molecule has 1 unspecified atom stereocenters. The van der Waals surface area contributed by atoms with Crippen LogP contribution in [0.5, 0.6) is 0 Å². The number of carbonyl (C=O) groups excluding carboxylic acids is 1. The molecular formula is C18H25NO4. The van der Waals surface area contributed by atoms with Crippen molar-refractivity contribution in [2.24, 2.45) is 0 Å². The van der Waals surface area contributed by atoms with Gasteiger partial charge < -0.3 is 19.6 Å². The zero-order chi connectivity index (χ0) is 16.8. The Kier molecular flexibility index (Phi) is 6.19. The molecule has 0 aliphatic heterocycles. The summed E-state index contributed by atoms with van der Waals surface area (Å²) in [6.07, 6.45) is 1.35. The molecule has 0 aliphatic rings. The van der Waals surface area contributed by atoms with E-state index in [2.05, 4.69) is 5.32 Å². The highest BCUT2D eigenvalue weighted by molar-refractivity contribution is 5.99. The SMILES string of the molecule is CCC(CCO)NC(=O)c1oc2ccccc2c1COC(C)C. The van der Waals surface area contributed by atoms with E-state index in [1.54, 1.807) is 0 Å². The lowest BCUT2D eigenvalue weighted by molar-refractivity contribution is 0.0641. The average Bonchev–Trinajstić information content (AvgIpc) is 2.91. The lowest BCUT2D eigenvalue weighted by Crippen LogP contribution is -2.35. The van der Waals surface area contributed by atoms with E-state index in [1.165, 1.54) is 0 Å². The van der Waals surface area contributed by atoms with Crippen LogP contribution in [-0.4, -0.2) is 29.8 Å². The number of carbonyl (C=O) groups is 1. The summed E-state index contributed by atoms with van der Waals surface area (Å²) in [6, 6.07) is 7.50. The second kappa shape index (κ2) is 8.13. The van der Waals surface area contributed by atoms with Crippen molar-refractivity contribution in [1.82, 2.24) is 5.32 Å². The van der Waals surface area contributed by atoms with Crippen LogP contribution >= 0.6 is 0 Å². The van der Waals surface area contributed by atoms with Gasteiger partial charge in [-0.3, -0.25) is 4.79 Å². The minimum Gasteiger partial charge on any atom is -0.451 e. The van der Waals surface area contributed by atoms with E-state index in [-0.39, 0.29) is 24.7 Å². The van der Waals surface area contributed by atoms with Crippen LogP contribution in [-0.2, 0) is 11.3 Å². The normalized spacial score (nSPS) is 12.7. The van der Waals surface area contributed by atoms with E-state index < -0.39 is 0 Å². The number of aliphatic hydroxyl groups excluding tert-OH is 1. The minimum atomic E-state index is -0.260. The van der Waals surface area contributed by atoms with Gasteiger partial charge >= 0.3 is 0 Å². The Morgan fingerprint density at radius 2 is 2.09 bits per heavy atom. The fourth-order valence-corrected chi connectivity index (χ4v) is 2.46. The van der Waals surface area contributed by atoms with Crippen LogP contribution in [0.4, 0.5) is 0 Å². The number of hydrogen-bond acceptors (Lipinski definition) is 4. The van der Waals surface area contributed by atoms with E-state index in [4.69, 9.17) is 14.3 Å². The van der Waals surface area contributed by atoms with Crippen molar-refractivity contribution in [3.8, 4) is 0 Å². The maximum absolute atomic E-state index is 12.6. The van der Waals surface area contributed by atoms with E-state index in [0.717, 1.165) is 17.4 Å². The molecule has 5 nitrogen and oxygen atoms in total. The summed E-state index contributed by atoms with van der Waals surface area (Å²) in [5.74, 6) is 0.0343. The lowest BCUT2D eigenvalue weighted by Gasteiger charge is -2.15. The molecular weight excluding hydrogens is 294 g/mol. The number of ether oxygens (including phenoxy) is 1. The van der Waals surface area contributed by atoms with Crippen LogP contribution in [0, 0.1) is 0 Å². The third-order valence-electron chi connectivity index (χ3n) is 3.77. The number of furan rings is 1. The number of para-hydroxylation sites is 1. The summed E-state index contributed by atoms with van der Waals surface area (Å²) < 4.78 is 11.4. The third kappa shape index (κ3) is 4.33. The van der Waals surface area contributed by atoms with E-state index in [0.29, 0.717) is 24.4 Å². The zero-order valence-electron chi connectivity index (χ0n) is 14.0. The molecule has 1 atom stereocenters. The molecule has 0 radical (unpaired) electrons. The molecule has 23 heavy (non-hydrogen) atoms. The summed E-state index contributed by atoms with van der Waals surface area (Å²) in [6.45, 7) is 6.26. The molecule has 126 valence electrons. The highest BCUT2D eigenvalue weighted by Gasteiger charge is 2.22. The largest absolute Gasteiger partial charge is 0.451 e. The summed E-state index contributed by atoms with van der Waals surface area (Å²) in [5.41, 5.74) is 1.45. The van der Waals surface area contributed by atoms with Crippen LogP contribution in [0.1, 0.15) is 49.7 Å². The monoisotopic (exact) mass is 319 g/mol. The Labute approximate surface area is 136 Å². The number of hydrogen-bond donors (Lipinski definition) is 2. The van der Waals surface area contributed by atoms with Gasteiger partial charge in [-0.25, -0.2) is 0 Å². The molecule has 1 aromatic carbocycles. The molecule has 5 heteroatoms. The zero-order valence-corrected chi connectivity index (χ0v) is 14.0. The quantitative estimate of drug-likeness (QED) is 0.783. The molecule has 2 rings (SSSR count). The van der Waals surface area contributed by atoms with Gasteiger partial charge in [0, 0.05) is 23.6 Å². The van der Waals surface area contributed by atoms with Crippen molar-refractivity contribution >= 4 is 16.9 Å². The van der Waals surface area contributed by atoms with E-state index in [9.17, 15) is 4.79 Å². The molecule has 0 saturated heterocycles. The highest BCUT2D eigenvalue weighted by atomic mass is 16.5. The average molecular weight is 319 g/mol. The second-order valence-corrected chi connectivity index (χ2v) is 5.86. The standard InChI is InChI=1S/C18H25NO4/c1-4-13(9-10-20)19-18(21)17-15(11-22-12(2)3)14-7-5-6-8-16(14)23-17/h5-8,12-13,20H,4,9-11H2,1-3H3,(H,19,21). The van der Waals surface area contributed by atoms with Gasteiger partial charge in [-0.15, -0.1) is 0 Å². The molecule has 1 heterocycles. The molecule has 0 spiro atoms. The van der Waals surface area contributed by atoms with Gasteiger partial charge in [-0.05, 0) is 32.8 Å². The van der Waals surface area contributed by atoms with Gasteiger partial charge in [0.05, 0.1) is 12.7 Å². The van der Waals surface area contributed by atoms with Crippen molar-refractivity contribution in [2.75, 3.05) is 6.61 Å². The fourth-order valence-electron chi connectivity index (χ4n) is 2.46. The van der Waals surface area contributed by atoms with Crippen molar-refractivity contribution in [1.29, 1.82) is 0 Å².